The lowest BCUT2D eigenvalue weighted by atomic mass is 9.85. The Labute approximate surface area is 290 Å². The van der Waals surface area contributed by atoms with Crippen LogP contribution in [0.1, 0.15) is 35.6 Å². The van der Waals surface area contributed by atoms with Crippen molar-refractivity contribution in [3.63, 3.8) is 0 Å². The summed E-state index contributed by atoms with van der Waals surface area (Å²) in [6, 6.07) is 27.4. The maximum absolute atomic E-state index is 14.4. The highest BCUT2D eigenvalue weighted by Gasteiger charge is 2.53. The van der Waals surface area contributed by atoms with E-state index in [0.29, 0.717) is 52.1 Å². The van der Waals surface area contributed by atoms with E-state index in [2.05, 4.69) is 5.32 Å². The highest BCUT2D eigenvalue weighted by atomic mass is 35.5. The molecule has 0 spiro atoms. The second-order valence-corrected chi connectivity index (χ2v) is 14.1. The molecule has 0 radical (unpaired) electrons. The van der Waals surface area contributed by atoms with E-state index < -0.39 is 27.4 Å². The Balaban J connectivity index is 1.53. The number of aliphatic imine (C=N–C) groups is 1. The average Bonchev–Trinajstić information content (AvgIpc) is 3.50. The standard InChI is InChI=1S/C36H36Cl2N2O7S/c1-45-30-8-5-7-27(23-30)33-36(18-22-48(43,44)31-9-3-2-4-10-31,35(42)39-19-17-25-11-14-28(37)24-32(25)38)40-34(47-33)26-12-15-29(16-13-26)46-21-6-20-41/h2-5,7-16,23-24,33,41H,6,17-22H2,1H3,(H,39,42)/t33-,36-/m1/s1. The van der Waals surface area contributed by atoms with Gasteiger partial charge in [-0.2, -0.15) is 0 Å². The van der Waals surface area contributed by atoms with E-state index in [0.717, 1.165) is 5.56 Å². The van der Waals surface area contributed by atoms with Crippen molar-refractivity contribution in [2.45, 2.75) is 35.8 Å². The van der Waals surface area contributed by atoms with Crippen molar-refractivity contribution in [1.29, 1.82) is 0 Å². The number of hydrogen-bond acceptors (Lipinski definition) is 8. The van der Waals surface area contributed by atoms with Gasteiger partial charge in [-0.15, -0.1) is 0 Å². The van der Waals surface area contributed by atoms with Crippen molar-refractivity contribution in [1.82, 2.24) is 5.32 Å². The first-order valence-corrected chi connectivity index (χ1v) is 17.8. The molecule has 0 aromatic heterocycles. The monoisotopic (exact) mass is 710 g/mol. The van der Waals surface area contributed by atoms with E-state index in [9.17, 15) is 13.2 Å². The summed E-state index contributed by atoms with van der Waals surface area (Å²) < 4.78 is 44.8. The first-order chi connectivity index (χ1) is 23.1. The zero-order chi connectivity index (χ0) is 34.1. The molecule has 1 aliphatic rings. The average molecular weight is 712 g/mol. The van der Waals surface area contributed by atoms with Crippen molar-refractivity contribution in [3.05, 3.63) is 124 Å². The predicted octanol–water partition coefficient (Wildman–Crippen LogP) is 6.24. The number of nitrogens with one attached hydrogen (secondary N) is 1. The molecular formula is C36H36Cl2N2O7S. The Hall–Kier alpha value is -4.09. The van der Waals surface area contributed by atoms with Crippen LogP contribution in [0.2, 0.25) is 10.0 Å². The highest BCUT2D eigenvalue weighted by molar-refractivity contribution is 7.91. The van der Waals surface area contributed by atoms with E-state index in [1.165, 1.54) is 19.2 Å². The molecule has 0 fully saturated rings. The molecule has 12 heteroatoms. The van der Waals surface area contributed by atoms with Gasteiger partial charge in [-0.1, -0.05) is 59.6 Å². The van der Waals surface area contributed by atoms with Crippen LogP contribution < -0.4 is 14.8 Å². The van der Waals surface area contributed by atoms with Crippen LogP contribution in [0.4, 0.5) is 0 Å². The van der Waals surface area contributed by atoms with E-state index in [-0.39, 0.29) is 36.1 Å². The molecule has 0 bridgehead atoms. The molecule has 4 aromatic rings. The summed E-state index contributed by atoms with van der Waals surface area (Å²) in [6.45, 7) is 0.569. The molecule has 1 aliphatic heterocycles. The molecule has 0 saturated heterocycles. The number of halogens is 2. The number of aliphatic hydroxyl groups is 1. The Morgan fingerprint density at radius 3 is 2.46 bits per heavy atom. The zero-order valence-electron chi connectivity index (χ0n) is 26.3. The Kier molecular flexibility index (Phi) is 11.6. The quantitative estimate of drug-likeness (QED) is 0.140. The fourth-order valence-electron chi connectivity index (χ4n) is 5.40. The van der Waals surface area contributed by atoms with E-state index in [1.54, 1.807) is 84.9 Å². The maximum atomic E-state index is 14.4. The smallest absolute Gasteiger partial charge is 0.252 e. The number of benzene rings is 4. The van der Waals surface area contributed by atoms with E-state index in [1.807, 2.05) is 0 Å². The minimum atomic E-state index is -3.80. The molecule has 9 nitrogen and oxygen atoms in total. The number of carbonyl (C=O) groups is 1. The minimum Gasteiger partial charge on any atom is -0.497 e. The molecule has 0 aliphatic carbocycles. The van der Waals surface area contributed by atoms with Gasteiger partial charge in [0.2, 0.25) is 5.90 Å². The highest BCUT2D eigenvalue weighted by Crippen LogP contribution is 2.44. The lowest BCUT2D eigenvalue weighted by molar-refractivity contribution is -0.129. The number of hydrogen-bond donors (Lipinski definition) is 2. The van der Waals surface area contributed by atoms with Crippen LogP contribution in [-0.4, -0.2) is 63.5 Å². The molecule has 0 unspecified atom stereocenters. The number of aliphatic hydroxyl groups excluding tert-OH is 1. The van der Waals surface area contributed by atoms with Gasteiger partial charge >= 0.3 is 0 Å². The molecule has 1 amide bonds. The Morgan fingerprint density at radius 2 is 1.75 bits per heavy atom. The summed E-state index contributed by atoms with van der Waals surface area (Å²) in [5, 5.41) is 13.0. The largest absolute Gasteiger partial charge is 0.497 e. The van der Waals surface area contributed by atoms with Crippen LogP contribution in [0.5, 0.6) is 11.5 Å². The van der Waals surface area contributed by atoms with Gasteiger partial charge in [0.05, 0.1) is 24.4 Å². The summed E-state index contributed by atoms with van der Waals surface area (Å²) in [7, 11) is -2.27. The van der Waals surface area contributed by atoms with Crippen LogP contribution in [0, 0.1) is 0 Å². The normalized spacial score (nSPS) is 17.3. The van der Waals surface area contributed by atoms with Gasteiger partial charge in [0.1, 0.15) is 11.5 Å². The molecule has 48 heavy (non-hydrogen) atoms. The third kappa shape index (κ3) is 8.30. The lowest BCUT2D eigenvalue weighted by Gasteiger charge is -2.31. The number of methoxy groups -OCH3 is 1. The third-order valence-electron chi connectivity index (χ3n) is 7.98. The number of nitrogens with zero attached hydrogens (tertiary/aromatic N) is 1. The van der Waals surface area contributed by atoms with Gasteiger partial charge in [0, 0.05) is 41.6 Å². The SMILES string of the molecule is COc1cccc([C@H]2OC(c3ccc(OCCCO)cc3)=N[C@@]2(CCS(=O)(=O)c2ccccc2)C(=O)NCCc2ccc(Cl)cc2Cl)c1. The van der Waals surface area contributed by atoms with Crippen molar-refractivity contribution < 1.29 is 32.5 Å². The first-order valence-electron chi connectivity index (χ1n) is 15.4. The number of amides is 1. The van der Waals surface area contributed by atoms with Gasteiger partial charge in [0.15, 0.2) is 21.5 Å². The zero-order valence-corrected chi connectivity index (χ0v) is 28.6. The van der Waals surface area contributed by atoms with Crippen molar-refractivity contribution in [3.8, 4) is 11.5 Å². The van der Waals surface area contributed by atoms with E-state index >= 15 is 0 Å². The number of carbonyl (C=O) groups excluding carboxylic acids is 1. The van der Waals surface area contributed by atoms with Crippen LogP contribution in [0.25, 0.3) is 0 Å². The Morgan fingerprint density at radius 1 is 0.979 bits per heavy atom. The summed E-state index contributed by atoms with van der Waals surface area (Å²) in [4.78, 5) is 19.5. The topological polar surface area (TPSA) is 124 Å². The van der Waals surface area contributed by atoms with Crippen LogP contribution in [0.3, 0.4) is 0 Å². The third-order valence-corrected chi connectivity index (χ3v) is 10.3. The molecule has 4 aromatic carbocycles. The molecule has 2 N–H and O–H groups in total. The number of ether oxygens (including phenoxy) is 3. The number of rotatable bonds is 15. The first kappa shape index (κ1) is 35.2. The van der Waals surface area contributed by atoms with Gasteiger partial charge in [-0.25, -0.2) is 13.4 Å². The van der Waals surface area contributed by atoms with Crippen molar-refractivity contribution >= 4 is 44.8 Å². The second kappa shape index (κ2) is 15.9. The van der Waals surface area contributed by atoms with Crippen LogP contribution in [-0.2, 0) is 25.8 Å². The van der Waals surface area contributed by atoms with E-state index in [4.69, 9.17) is 47.5 Å². The second-order valence-electron chi connectivity index (χ2n) is 11.2. The lowest BCUT2D eigenvalue weighted by Crippen LogP contribution is -2.49. The molecule has 1 heterocycles. The van der Waals surface area contributed by atoms with Gasteiger partial charge in [-0.3, -0.25) is 4.79 Å². The van der Waals surface area contributed by atoms with Crippen molar-refractivity contribution in [2.24, 2.45) is 4.99 Å². The summed E-state index contributed by atoms with van der Waals surface area (Å²) in [5.74, 6) is 0.443. The van der Waals surface area contributed by atoms with Gasteiger partial charge in [0.25, 0.3) is 5.91 Å². The fraction of sp³-hybridized carbons (Fsp3) is 0.278. The minimum absolute atomic E-state index is 0.0191. The van der Waals surface area contributed by atoms with Crippen LogP contribution in [0.15, 0.2) is 107 Å². The number of sulfone groups is 1. The van der Waals surface area contributed by atoms with Gasteiger partial charge in [-0.05, 0) is 78.2 Å². The molecular weight excluding hydrogens is 675 g/mol. The van der Waals surface area contributed by atoms with Crippen molar-refractivity contribution in [2.75, 3.05) is 32.6 Å². The summed E-state index contributed by atoms with van der Waals surface area (Å²) >= 11 is 12.4. The maximum Gasteiger partial charge on any atom is 0.252 e. The predicted molar refractivity (Wildman–Crippen MR) is 186 cm³/mol. The molecule has 5 rings (SSSR count). The van der Waals surface area contributed by atoms with Gasteiger partial charge < -0.3 is 24.6 Å². The van der Waals surface area contributed by atoms with Crippen LogP contribution >= 0.6 is 23.2 Å². The molecule has 252 valence electrons. The fourth-order valence-corrected chi connectivity index (χ4v) is 7.29. The Bertz CT molecular complexity index is 1850. The summed E-state index contributed by atoms with van der Waals surface area (Å²) in [5.41, 5.74) is 0.277. The molecule has 0 saturated carbocycles. The summed E-state index contributed by atoms with van der Waals surface area (Å²) in [6.07, 6.45) is -0.272. The molecule has 2 atom stereocenters.